The molecule has 0 amide bonds. The Labute approximate surface area is 212 Å². The summed E-state index contributed by atoms with van der Waals surface area (Å²) in [6.07, 6.45) is 6.51. The van der Waals surface area contributed by atoms with Gasteiger partial charge in [-0.3, -0.25) is 4.79 Å². The number of esters is 1. The van der Waals surface area contributed by atoms with Crippen LogP contribution in [0.25, 0.3) is 10.9 Å². The zero-order chi connectivity index (χ0) is 27.3. The van der Waals surface area contributed by atoms with Crippen molar-refractivity contribution in [3.63, 3.8) is 0 Å². The first-order valence-corrected chi connectivity index (χ1v) is 11.7. The van der Waals surface area contributed by atoms with E-state index in [1.54, 1.807) is 44.5 Å². The molecule has 0 unspecified atom stereocenters. The monoisotopic (exact) mass is 495 g/mol. The van der Waals surface area contributed by atoms with Crippen molar-refractivity contribution in [3.8, 4) is 11.8 Å². The number of aliphatic hydroxyl groups is 1. The molecule has 0 aliphatic carbocycles. The zero-order valence-corrected chi connectivity index (χ0v) is 22.1. The van der Waals surface area contributed by atoms with Gasteiger partial charge in [0, 0.05) is 29.9 Å². The SMILES string of the molecule is C=CC.C=CCCn1cc(C#C[C@@H](C)O)c2c(C(=O)OCC(C)C)c(C)[nH]c2c1=O.Cc1ccno1. The maximum atomic E-state index is 12.8. The molecule has 3 aromatic rings. The van der Waals surface area contributed by atoms with Crippen LogP contribution in [0.1, 0.15) is 61.5 Å². The second kappa shape index (κ2) is 15.2. The number of hydrogen-bond acceptors (Lipinski definition) is 6. The van der Waals surface area contributed by atoms with Gasteiger partial charge in [-0.1, -0.05) is 43.0 Å². The molecule has 8 heteroatoms. The maximum absolute atomic E-state index is 12.8. The summed E-state index contributed by atoms with van der Waals surface area (Å²) in [5.41, 5.74) is 1.44. The van der Waals surface area contributed by atoms with Crippen molar-refractivity contribution >= 4 is 16.9 Å². The number of aliphatic hydroxyl groups excluding tert-OH is 1. The van der Waals surface area contributed by atoms with E-state index < -0.39 is 12.1 Å². The third-order valence-electron chi connectivity index (χ3n) is 4.53. The van der Waals surface area contributed by atoms with Crippen molar-refractivity contribution in [1.29, 1.82) is 0 Å². The highest BCUT2D eigenvalue weighted by atomic mass is 16.5. The molecule has 36 heavy (non-hydrogen) atoms. The van der Waals surface area contributed by atoms with Crippen LogP contribution in [0.15, 0.2) is 53.1 Å². The normalized spacial score (nSPS) is 10.8. The van der Waals surface area contributed by atoms with Crippen LogP contribution in [0, 0.1) is 31.6 Å². The van der Waals surface area contributed by atoms with Crippen molar-refractivity contribution in [2.75, 3.05) is 6.61 Å². The fourth-order valence-electron chi connectivity index (χ4n) is 3.00. The Kier molecular flexibility index (Phi) is 12.8. The van der Waals surface area contributed by atoms with Crippen LogP contribution in [-0.2, 0) is 11.3 Å². The van der Waals surface area contributed by atoms with Crippen molar-refractivity contribution in [2.24, 2.45) is 5.92 Å². The zero-order valence-electron chi connectivity index (χ0n) is 22.1. The van der Waals surface area contributed by atoms with Crippen LogP contribution < -0.4 is 5.56 Å². The van der Waals surface area contributed by atoms with Crippen molar-refractivity contribution in [2.45, 2.75) is 60.6 Å². The van der Waals surface area contributed by atoms with Gasteiger partial charge in [0.15, 0.2) is 0 Å². The second-order valence-electron chi connectivity index (χ2n) is 8.46. The molecule has 3 heterocycles. The van der Waals surface area contributed by atoms with Crippen LogP contribution in [0.5, 0.6) is 0 Å². The highest BCUT2D eigenvalue weighted by Gasteiger charge is 2.23. The number of fused-ring (bicyclic) bond motifs is 1. The minimum atomic E-state index is -0.829. The summed E-state index contributed by atoms with van der Waals surface area (Å²) in [5.74, 6) is 6.14. The molecule has 0 saturated carbocycles. The van der Waals surface area contributed by atoms with Crippen molar-refractivity contribution < 1.29 is 19.2 Å². The number of hydrogen-bond donors (Lipinski definition) is 2. The Balaban J connectivity index is 0.000000607. The molecule has 3 rings (SSSR count). The topological polar surface area (TPSA) is 110 Å². The molecule has 2 N–H and O–H groups in total. The molecule has 0 aliphatic heterocycles. The highest BCUT2D eigenvalue weighted by molar-refractivity contribution is 6.07. The van der Waals surface area contributed by atoms with Gasteiger partial charge in [0.1, 0.15) is 17.4 Å². The largest absolute Gasteiger partial charge is 0.462 e. The van der Waals surface area contributed by atoms with E-state index in [0.29, 0.717) is 40.7 Å². The standard InChI is InChI=1S/C21H26N2O4.C4H5NO.C3H6/c1-6-7-10-23-11-16(9-8-14(4)24)18-17(21(26)27-12-13(2)3)15(5)22-19(18)20(23)25;1-4-2-3-5-6-4;1-3-2/h6,11,13-14,22,24H,1,7,10,12H2,2-5H3;2-3H,1H3;3H,1H2,2H3/t14-;;/m1../s1. The molecular formula is C28H37N3O5. The molecule has 1 atom stereocenters. The van der Waals surface area contributed by atoms with E-state index in [0.717, 1.165) is 5.76 Å². The van der Waals surface area contributed by atoms with Gasteiger partial charge >= 0.3 is 5.97 Å². The van der Waals surface area contributed by atoms with Crippen molar-refractivity contribution in [1.82, 2.24) is 14.7 Å². The average molecular weight is 496 g/mol. The molecule has 0 saturated heterocycles. The lowest BCUT2D eigenvalue weighted by Crippen LogP contribution is -2.21. The molecule has 0 aliphatic rings. The Bertz CT molecular complexity index is 1250. The van der Waals surface area contributed by atoms with E-state index >= 15 is 0 Å². The third-order valence-corrected chi connectivity index (χ3v) is 4.53. The lowest BCUT2D eigenvalue weighted by Gasteiger charge is -2.09. The van der Waals surface area contributed by atoms with E-state index in [-0.39, 0.29) is 18.1 Å². The number of nitrogens with one attached hydrogen (secondary N) is 1. The van der Waals surface area contributed by atoms with Gasteiger partial charge in [-0.25, -0.2) is 4.79 Å². The Morgan fingerprint density at radius 1 is 1.33 bits per heavy atom. The van der Waals surface area contributed by atoms with Crippen LogP contribution >= 0.6 is 0 Å². The fraction of sp³-hybridized carbons (Fsp3) is 0.393. The maximum Gasteiger partial charge on any atom is 0.340 e. The number of pyridine rings is 1. The van der Waals surface area contributed by atoms with Gasteiger partial charge in [0.05, 0.1) is 23.9 Å². The lowest BCUT2D eigenvalue weighted by atomic mass is 10.1. The quantitative estimate of drug-likeness (QED) is 0.285. The fourth-order valence-corrected chi connectivity index (χ4v) is 3.00. The van der Waals surface area contributed by atoms with E-state index in [1.807, 2.05) is 27.7 Å². The smallest absolute Gasteiger partial charge is 0.340 e. The first kappa shape index (κ1) is 30.2. The predicted octanol–water partition coefficient (Wildman–Crippen LogP) is 4.93. The van der Waals surface area contributed by atoms with Crippen LogP contribution in [0.2, 0.25) is 0 Å². The van der Waals surface area contributed by atoms with Gasteiger partial charge in [0.2, 0.25) is 0 Å². The molecule has 0 aromatic carbocycles. The first-order valence-electron chi connectivity index (χ1n) is 11.7. The summed E-state index contributed by atoms with van der Waals surface area (Å²) in [6, 6.07) is 1.81. The summed E-state index contributed by atoms with van der Waals surface area (Å²) >= 11 is 0. The van der Waals surface area contributed by atoms with Gasteiger partial charge in [0.25, 0.3) is 5.56 Å². The molecule has 8 nitrogen and oxygen atoms in total. The summed E-state index contributed by atoms with van der Waals surface area (Å²) in [7, 11) is 0. The second-order valence-corrected chi connectivity index (χ2v) is 8.46. The molecule has 0 radical (unpaired) electrons. The van der Waals surface area contributed by atoms with Gasteiger partial charge in [-0.15, -0.1) is 13.2 Å². The minimum Gasteiger partial charge on any atom is -0.462 e. The van der Waals surface area contributed by atoms with Crippen LogP contribution in [0.3, 0.4) is 0 Å². The number of aromatic nitrogens is 3. The molecule has 0 fully saturated rings. The van der Waals surface area contributed by atoms with E-state index in [1.165, 1.54) is 4.57 Å². The average Bonchev–Trinajstić information content (AvgIpc) is 3.43. The molecule has 194 valence electrons. The number of aromatic amines is 1. The van der Waals surface area contributed by atoms with Gasteiger partial charge in [-0.05, 0) is 40.0 Å². The van der Waals surface area contributed by atoms with Crippen molar-refractivity contribution in [3.05, 3.63) is 76.7 Å². The highest BCUT2D eigenvalue weighted by Crippen LogP contribution is 2.24. The van der Waals surface area contributed by atoms with E-state index in [4.69, 9.17) is 4.74 Å². The van der Waals surface area contributed by atoms with Crippen LogP contribution in [0.4, 0.5) is 0 Å². The summed E-state index contributed by atoms with van der Waals surface area (Å²) in [6.45, 7) is 18.7. The number of carbonyl (C=O) groups excluding carboxylic acids is 1. The number of allylic oxidation sites excluding steroid dienone is 2. The van der Waals surface area contributed by atoms with E-state index in [2.05, 4.69) is 39.7 Å². The number of rotatable bonds is 6. The molecular weight excluding hydrogens is 458 g/mol. The summed E-state index contributed by atoms with van der Waals surface area (Å²) < 4.78 is 11.5. The number of nitrogens with zero attached hydrogens (tertiary/aromatic N) is 2. The predicted molar refractivity (Wildman–Crippen MR) is 143 cm³/mol. The number of aryl methyl sites for hydroxylation is 3. The minimum absolute atomic E-state index is 0.199. The number of ether oxygens (including phenoxy) is 1. The lowest BCUT2D eigenvalue weighted by molar-refractivity contribution is 0.0460. The Morgan fingerprint density at radius 3 is 2.47 bits per heavy atom. The van der Waals surface area contributed by atoms with Gasteiger partial charge in [-0.2, -0.15) is 0 Å². The molecule has 3 aromatic heterocycles. The van der Waals surface area contributed by atoms with E-state index in [9.17, 15) is 14.7 Å². The Morgan fingerprint density at radius 2 is 2.00 bits per heavy atom. The van der Waals surface area contributed by atoms with Gasteiger partial charge < -0.3 is 23.9 Å². The Hall–Kier alpha value is -3.83. The molecule has 0 spiro atoms. The number of H-pyrrole nitrogens is 1. The third kappa shape index (κ3) is 9.08. The number of carbonyl (C=O) groups is 1. The molecule has 0 bridgehead atoms. The first-order chi connectivity index (χ1) is 17.1. The summed E-state index contributed by atoms with van der Waals surface area (Å²) in [4.78, 5) is 28.5. The summed E-state index contributed by atoms with van der Waals surface area (Å²) in [5, 5.41) is 13.4. The van der Waals surface area contributed by atoms with Crippen LogP contribution in [-0.4, -0.2) is 38.5 Å².